The van der Waals surface area contributed by atoms with Crippen molar-refractivity contribution in [2.75, 3.05) is 5.73 Å². The number of H-pyrrole nitrogens is 1. The van der Waals surface area contributed by atoms with E-state index >= 15 is 0 Å². The number of ether oxygens (including phenoxy) is 2. The molecule has 6 rings (SSSR count). The maximum absolute atomic E-state index is 12.7. The number of rotatable bonds is 7. The van der Waals surface area contributed by atoms with Gasteiger partial charge in [0.2, 0.25) is 0 Å². The van der Waals surface area contributed by atoms with Gasteiger partial charge in [-0.2, -0.15) is 10.2 Å². The van der Waals surface area contributed by atoms with E-state index in [9.17, 15) is 14.7 Å². The van der Waals surface area contributed by atoms with Crippen molar-refractivity contribution in [3.8, 4) is 0 Å². The Morgan fingerprint density at radius 3 is 2.29 bits per heavy atom. The number of nitrogen functional groups attached to an aromatic ring is 1. The number of aliphatic hydroxyl groups is 1. The molecule has 0 aliphatic carbocycles. The molecule has 0 spiro atoms. The Morgan fingerprint density at radius 2 is 1.71 bits per heavy atom. The molecule has 4 atom stereocenters. The lowest BCUT2D eigenvalue weighted by Gasteiger charge is -2.43. The maximum Gasteiger partial charge on any atom is 0.303 e. The van der Waals surface area contributed by atoms with E-state index < -0.39 is 50.9 Å². The Hall–Kier alpha value is -4.36. The molecule has 1 fully saturated rings. The van der Waals surface area contributed by atoms with E-state index in [-0.39, 0.29) is 5.04 Å². The van der Waals surface area contributed by atoms with Crippen molar-refractivity contribution in [1.29, 1.82) is 0 Å². The summed E-state index contributed by atoms with van der Waals surface area (Å²) < 4.78 is 21.4. The Labute approximate surface area is 262 Å². The van der Waals surface area contributed by atoms with Crippen molar-refractivity contribution < 1.29 is 23.8 Å². The number of carbonyl (C=O) groups is 1. The summed E-state index contributed by atoms with van der Waals surface area (Å²) in [5.41, 5.74) is 5.17. The summed E-state index contributed by atoms with van der Waals surface area (Å²) in [6, 6.07) is 20.9. The summed E-state index contributed by atoms with van der Waals surface area (Å²) in [7, 11) is -1.28. The predicted molar refractivity (Wildman–Crippen MR) is 173 cm³/mol. The molecular formula is C33H37N5O6Si. The second-order valence-electron chi connectivity index (χ2n) is 13.0. The van der Waals surface area contributed by atoms with Crippen LogP contribution in [-0.4, -0.2) is 58.6 Å². The van der Waals surface area contributed by atoms with Crippen LogP contribution in [0.15, 0.2) is 83.9 Å². The highest BCUT2D eigenvalue weighted by molar-refractivity contribution is 6.32. The number of hydrogen-bond acceptors (Lipinski definition) is 9. The Morgan fingerprint density at radius 1 is 1.09 bits per heavy atom. The molecule has 4 N–H and O–H groups in total. The van der Waals surface area contributed by atoms with Gasteiger partial charge >= 0.3 is 5.97 Å². The first-order valence-electron chi connectivity index (χ1n) is 14.8. The van der Waals surface area contributed by atoms with Crippen LogP contribution in [-0.2, 0) is 24.3 Å². The van der Waals surface area contributed by atoms with Gasteiger partial charge in [-0.05, 0) is 29.2 Å². The van der Waals surface area contributed by atoms with Crippen LogP contribution in [0.2, 0.25) is 5.04 Å². The SMILES string of the molecule is CC(=O)OC1C(C(O[SiH2]C(C)(C)C)(c2ccccc2)c2ccccc2)OC(n2cc3c(N)cc4c(=O)[nH]ncc(n2)c34)C1(C)O. The van der Waals surface area contributed by atoms with Crippen LogP contribution in [0.25, 0.3) is 21.7 Å². The lowest BCUT2D eigenvalue weighted by Crippen LogP contribution is -2.55. The molecule has 3 heterocycles. The number of anilines is 1. The van der Waals surface area contributed by atoms with Crippen molar-refractivity contribution in [3.05, 3.63) is 101 Å². The highest BCUT2D eigenvalue weighted by Gasteiger charge is 2.64. The molecule has 1 saturated heterocycles. The molecule has 0 saturated carbocycles. The minimum absolute atomic E-state index is 0.118. The van der Waals surface area contributed by atoms with Crippen LogP contribution in [0, 0.1) is 0 Å². The first-order valence-corrected chi connectivity index (χ1v) is 16.1. The Balaban J connectivity index is 1.60. The molecule has 45 heavy (non-hydrogen) atoms. The van der Waals surface area contributed by atoms with E-state index in [0.717, 1.165) is 11.1 Å². The van der Waals surface area contributed by atoms with Gasteiger partial charge in [-0.25, -0.2) is 9.78 Å². The fourth-order valence-corrected chi connectivity index (χ4v) is 7.35. The van der Waals surface area contributed by atoms with E-state index in [1.165, 1.54) is 17.8 Å². The van der Waals surface area contributed by atoms with Crippen LogP contribution in [0.1, 0.15) is 52.0 Å². The molecule has 2 aromatic heterocycles. The van der Waals surface area contributed by atoms with E-state index in [2.05, 4.69) is 31.0 Å². The van der Waals surface area contributed by atoms with Gasteiger partial charge in [-0.3, -0.25) is 9.59 Å². The highest BCUT2D eigenvalue weighted by Crippen LogP contribution is 2.51. The minimum atomic E-state index is -1.81. The third-order valence-corrected chi connectivity index (χ3v) is 9.65. The zero-order valence-electron chi connectivity index (χ0n) is 25.9. The third kappa shape index (κ3) is 5.33. The van der Waals surface area contributed by atoms with Gasteiger partial charge in [0.15, 0.2) is 22.1 Å². The van der Waals surface area contributed by atoms with Crippen LogP contribution in [0.4, 0.5) is 5.69 Å². The number of aromatic amines is 1. The largest absolute Gasteiger partial charge is 0.456 e. The van der Waals surface area contributed by atoms with Crippen LogP contribution >= 0.6 is 0 Å². The van der Waals surface area contributed by atoms with Crippen molar-refractivity contribution >= 4 is 43.1 Å². The molecule has 4 unspecified atom stereocenters. The second kappa shape index (κ2) is 11.2. The summed E-state index contributed by atoms with van der Waals surface area (Å²) in [4.78, 5) is 25.3. The zero-order chi connectivity index (χ0) is 32.1. The highest BCUT2D eigenvalue weighted by atomic mass is 28.2. The van der Waals surface area contributed by atoms with E-state index in [1.807, 2.05) is 60.7 Å². The van der Waals surface area contributed by atoms with E-state index in [4.69, 9.17) is 24.7 Å². The fraction of sp³-hybridized carbons (Fsp3) is 0.333. The van der Waals surface area contributed by atoms with Gasteiger partial charge in [0.25, 0.3) is 5.56 Å². The van der Waals surface area contributed by atoms with Crippen LogP contribution < -0.4 is 11.3 Å². The van der Waals surface area contributed by atoms with Gasteiger partial charge in [-0.1, -0.05) is 81.4 Å². The molecule has 234 valence electrons. The number of benzene rings is 2. The standard InChI is InChI=1S/C33H37N5O6Si/c1-19(39)42-27-28(33(44-45-31(2,3)4,20-12-8-6-9-13-20)21-14-10-7-11-15-21)43-30(32(27,5)41)38-18-23-24(34)16-22-26(23)25(37-38)17-35-36-29(22)40/h6-18,27-28,30,41H,34,45H2,1-5H3,(H,36,40). The molecular weight excluding hydrogens is 590 g/mol. The molecule has 0 amide bonds. The minimum Gasteiger partial charge on any atom is -0.456 e. The molecule has 11 nitrogen and oxygen atoms in total. The van der Waals surface area contributed by atoms with Crippen LogP contribution in [0.3, 0.4) is 0 Å². The Bertz CT molecular complexity index is 1880. The van der Waals surface area contributed by atoms with Gasteiger partial charge < -0.3 is 24.7 Å². The molecule has 12 heteroatoms. The summed E-state index contributed by atoms with van der Waals surface area (Å²) in [6.45, 7) is 9.24. The lowest BCUT2D eigenvalue weighted by atomic mass is 9.77. The van der Waals surface area contributed by atoms with Crippen molar-refractivity contribution in [1.82, 2.24) is 20.0 Å². The second-order valence-corrected chi connectivity index (χ2v) is 15.7. The summed E-state index contributed by atoms with van der Waals surface area (Å²) in [5, 5.41) is 24.9. The average molecular weight is 628 g/mol. The molecule has 0 radical (unpaired) electrons. The van der Waals surface area contributed by atoms with E-state index in [0.29, 0.717) is 27.4 Å². The fourth-order valence-electron chi connectivity index (χ4n) is 6.19. The lowest BCUT2D eigenvalue weighted by molar-refractivity contribution is -0.166. The maximum atomic E-state index is 12.7. The average Bonchev–Trinajstić information content (AvgIpc) is 3.40. The van der Waals surface area contributed by atoms with Gasteiger partial charge in [0.05, 0.1) is 11.6 Å². The number of aromatic nitrogens is 4. The topological polar surface area (TPSA) is 155 Å². The monoisotopic (exact) mass is 627 g/mol. The third-order valence-electron chi connectivity index (χ3n) is 8.19. The van der Waals surface area contributed by atoms with Gasteiger partial charge in [-0.15, -0.1) is 0 Å². The Kier molecular flexibility index (Phi) is 7.64. The molecule has 1 aliphatic heterocycles. The molecule has 0 bridgehead atoms. The van der Waals surface area contributed by atoms with Gasteiger partial charge in [0.1, 0.15) is 22.8 Å². The van der Waals surface area contributed by atoms with Crippen molar-refractivity contribution in [2.24, 2.45) is 0 Å². The quantitative estimate of drug-likeness (QED) is 0.181. The number of nitrogens with zero attached hydrogens (tertiary/aromatic N) is 3. The number of carbonyl (C=O) groups excluding carboxylic acids is 1. The van der Waals surface area contributed by atoms with E-state index in [1.54, 1.807) is 19.2 Å². The first kappa shape index (κ1) is 30.7. The summed E-state index contributed by atoms with van der Waals surface area (Å²) in [5.74, 6) is -0.584. The predicted octanol–water partition coefficient (Wildman–Crippen LogP) is 3.70. The van der Waals surface area contributed by atoms with Crippen molar-refractivity contribution in [3.63, 3.8) is 0 Å². The molecule has 3 aromatic carbocycles. The number of hydrogen-bond donors (Lipinski definition) is 3. The van der Waals surface area contributed by atoms with Crippen LogP contribution in [0.5, 0.6) is 0 Å². The summed E-state index contributed by atoms with van der Waals surface area (Å²) >= 11 is 0. The normalized spacial score (nSPS) is 22.5. The first-order chi connectivity index (χ1) is 21.3. The smallest absolute Gasteiger partial charge is 0.303 e. The summed E-state index contributed by atoms with van der Waals surface area (Å²) in [6.07, 6.45) is -0.323. The number of nitrogens with one attached hydrogen (secondary N) is 1. The van der Waals surface area contributed by atoms with Crippen molar-refractivity contribution in [2.45, 2.75) is 69.3 Å². The molecule has 5 aromatic rings. The zero-order valence-corrected chi connectivity index (χ0v) is 27.3. The molecule has 1 aliphatic rings. The van der Waals surface area contributed by atoms with Gasteiger partial charge in [0, 0.05) is 29.6 Å². The number of nitrogens with two attached hydrogens (primary N) is 1. The number of esters is 1.